The summed E-state index contributed by atoms with van der Waals surface area (Å²) < 4.78 is 0. The van der Waals surface area contributed by atoms with Crippen LogP contribution >= 0.6 is 0 Å². The molecular weight excluding hydrogens is 122 g/mol. The second kappa shape index (κ2) is 2.54. The van der Waals surface area contributed by atoms with Crippen LogP contribution in [0.1, 0.15) is 32.1 Å². The number of nitrogens with zero attached hydrogens (tertiary/aromatic N) is 1. The zero-order valence-corrected chi connectivity index (χ0v) is 6.84. The lowest BCUT2D eigenvalue weighted by Crippen LogP contribution is -2.31. The van der Waals surface area contributed by atoms with Crippen molar-refractivity contribution in [1.82, 2.24) is 4.90 Å². The van der Waals surface area contributed by atoms with E-state index >= 15 is 0 Å². The third kappa shape index (κ3) is 0.968. The van der Waals surface area contributed by atoms with E-state index in [0.717, 1.165) is 12.0 Å². The molecule has 0 N–H and O–H groups in total. The quantitative estimate of drug-likeness (QED) is 0.495. The topological polar surface area (TPSA) is 3.24 Å². The molecular formula is C9H17N. The van der Waals surface area contributed by atoms with E-state index in [9.17, 15) is 0 Å². The summed E-state index contributed by atoms with van der Waals surface area (Å²) >= 11 is 0. The van der Waals surface area contributed by atoms with Crippen molar-refractivity contribution >= 4 is 0 Å². The zero-order chi connectivity index (χ0) is 6.97. The molecule has 1 aliphatic carbocycles. The van der Waals surface area contributed by atoms with Crippen LogP contribution in [-0.4, -0.2) is 24.5 Å². The van der Waals surface area contributed by atoms with Gasteiger partial charge in [0.05, 0.1) is 0 Å². The maximum Gasteiger partial charge on any atom is 0.0121 e. The SMILES string of the molecule is CN1CCC2CCCC[C@H]21. The van der Waals surface area contributed by atoms with E-state index in [1.54, 1.807) is 0 Å². The van der Waals surface area contributed by atoms with Crippen LogP contribution in [0.4, 0.5) is 0 Å². The van der Waals surface area contributed by atoms with Crippen LogP contribution in [0.2, 0.25) is 0 Å². The molecule has 0 aromatic carbocycles. The van der Waals surface area contributed by atoms with Gasteiger partial charge in [-0.3, -0.25) is 0 Å². The van der Waals surface area contributed by atoms with Gasteiger partial charge in [-0.15, -0.1) is 0 Å². The molecule has 0 aromatic heterocycles. The summed E-state index contributed by atoms with van der Waals surface area (Å²) in [6.07, 6.45) is 7.43. The van der Waals surface area contributed by atoms with Crippen molar-refractivity contribution in [1.29, 1.82) is 0 Å². The molecule has 2 rings (SSSR count). The normalized spacial score (nSPS) is 41.7. The maximum absolute atomic E-state index is 2.56. The fourth-order valence-electron chi connectivity index (χ4n) is 2.64. The van der Waals surface area contributed by atoms with Gasteiger partial charge in [-0.25, -0.2) is 0 Å². The average Bonchev–Trinajstić information content (AvgIpc) is 2.34. The molecule has 0 bridgehead atoms. The van der Waals surface area contributed by atoms with Crippen LogP contribution in [0, 0.1) is 5.92 Å². The van der Waals surface area contributed by atoms with Crippen molar-refractivity contribution in [3.8, 4) is 0 Å². The van der Waals surface area contributed by atoms with Crippen LogP contribution in [0.3, 0.4) is 0 Å². The highest BCUT2D eigenvalue weighted by atomic mass is 15.2. The summed E-state index contributed by atoms with van der Waals surface area (Å²) in [5.41, 5.74) is 0. The smallest absolute Gasteiger partial charge is 0.0121 e. The van der Waals surface area contributed by atoms with Crippen LogP contribution in [0.5, 0.6) is 0 Å². The minimum atomic E-state index is 0.966. The minimum absolute atomic E-state index is 0.966. The molecule has 1 heterocycles. The van der Waals surface area contributed by atoms with Crippen molar-refractivity contribution in [3.63, 3.8) is 0 Å². The van der Waals surface area contributed by atoms with E-state index in [0.29, 0.717) is 0 Å². The van der Waals surface area contributed by atoms with E-state index in [2.05, 4.69) is 11.9 Å². The largest absolute Gasteiger partial charge is 0.303 e. The first-order chi connectivity index (χ1) is 4.88. The Morgan fingerprint density at radius 3 is 2.70 bits per heavy atom. The number of likely N-dealkylation sites (tertiary alicyclic amines) is 1. The lowest BCUT2D eigenvalue weighted by molar-refractivity contribution is 0.215. The second-order valence-corrected chi connectivity index (χ2v) is 3.88. The molecule has 58 valence electrons. The molecule has 2 fully saturated rings. The third-order valence-electron chi connectivity index (χ3n) is 3.29. The Balaban J connectivity index is 2.01. The molecule has 0 aromatic rings. The summed E-state index contributed by atoms with van der Waals surface area (Å²) in [4.78, 5) is 2.56. The third-order valence-corrected chi connectivity index (χ3v) is 3.29. The van der Waals surface area contributed by atoms with Gasteiger partial charge in [0.1, 0.15) is 0 Å². The molecule has 2 atom stereocenters. The van der Waals surface area contributed by atoms with Gasteiger partial charge in [0.15, 0.2) is 0 Å². The zero-order valence-electron chi connectivity index (χ0n) is 6.84. The molecule has 2 aliphatic rings. The Morgan fingerprint density at radius 1 is 1.10 bits per heavy atom. The minimum Gasteiger partial charge on any atom is -0.303 e. The average molecular weight is 139 g/mol. The van der Waals surface area contributed by atoms with E-state index in [1.807, 2.05) is 0 Å². The van der Waals surface area contributed by atoms with Crippen LogP contribution in [0.25, 0.3) is 0 Å². The Labute approximate surface area is 63.4 Å². The van der Waals surface area contributed by atoms with E-state index in [4.69, 9.17) is 0 Å². The highest BCUT2D eigenvalue weighted by Gasteiger charge is 2.32. The van der Waals surface area contributed by atoms with E-state index in [-0.39, 0.29) is 0 Å². The summed E-state index contributed by atoms with van der Waals surface area (Å²) in [7, 11) is 2.29. The van der Waals surface area contributed by atoms with Gasteiger partial charge >= 0.3 is 0 Å². The van der Waals surface area contributed by atoms with Gasteiger partial charge in [-0.05, 0) is 38.8 Å². The van der Waals surface area contributed by atoms with Gasteiger partial charge in [0, 0.05) is 6.04 Å². The lowest BCUT2D eigenvalue weighted by atomic mass is 9.85. The van der Waals surface area contributed by atoms with Crippen LogP contribution in [0.15, 0.2) is 0 Å². The maximum atomic E-state index is 2.56. The number of hydrogen-bond donors (Lipinski definition) is 0. The number of hydrogen-bond acceptors (Lipinski definition) is 1. The first-order valence-corrected chi connectivity index (χ1v) is 4.58. The van der Waals surface area contributed by atoms with Gasteiger partial charge in [0.2, 0.25) is 0 Å². The molecule has 1 unspecified atom stereocenters. The predicted octanol–water partition coefficient (Wildman–Crippen LogP) is 1.88. The Bertz CT molecular complexity index is 120. The van der Waals surface area contributed by atoms with Crippen LogP contribution in [-0.2, 0) is 0 Å². The van der Waals surface area contributed by atoms with Crippen LogP contribution < -0.4 is 0 Å². The summed E-state index contributed by atoms with van der Waals surface area (Å²) in [5, 5.41) is 0. The van der Waals surface area contributed by atoms with Gasteiger partial charge in [-0.2, -0.15) is 0 Å². The summed E-state index contributed by atoms with van der Waals surface area (Å²) in [6, 6.07) is 0.966. The van der Waals surface area contributed by atoms with Gasteiger partial charge in [-0.1, -0.05) is 12.8 Å². The molecule has 0 radical (unpaired) electrons. The standard InChI is InChI=1S/C9H17N/c1-10-7-6-8-4-2-3-5-9(8)10/h8-9H,2-7H2,1H3/t8?,9-/m1/s1. The van der Waals surface area contributed by atoms with Crippen molar-refractivity contribution in [2.24, 2.45) is 5.92 Å². The first kappa shape index (κ1) is 6.66. The highest BCUT2D eigenvalue weighted by Crippen LogP contribution is 2.34. The second-order valence-electron chi connectivity index (χ2n) is 3.88. The fraction of sp³-hybridized carbons (Fsp3) is 1.00. The van der Waals surface area contributed by atoms with Crippen molar-refractivity contribution in [2.45, 2.75) is 38.1 Å². The van der Waals surface area contributed by atoms with E-state index in [1.165, 1.54) is 38.6 Å². The number of fused-ring (bicyclic) bond motifs is 1. The molecule has 1 saturated carbocycles. The van der Waals surface area contributed by atoms with Crippen molar-refractivity contribution < 1.29 is 0 Å². The van der Waals surface area contributed by atoms with E-state index < -0.39 is 0 Å². The van der Waals surface area contributed by atoms with Crippen molar-refractivity contribution in [2.75, 3.05) is 13.6 Å². The molecule has 1 aliphatic heterocycles. The molecule has 1 heteroatoms. The monoisotopic (exact) mass is 139 g/mol. The molecule has 0 spiro atoms. The first-order valence-electron chi connectivity index (χ1n) is 4.58. The fourth-order valence-corrected chi connectivity index (χ4v) is 2.64. The molecule has 1 nitrogen and oxygen atoms in total. The molecule has 1 saturated heterocycles. The Hall–Kier alpha value is -0.0400. The summed E-state index contributed by atoms with van der Waals surface area (Å²) in [6.45, 7) is 1.36. The molecule has 10 heavy (non-hydrogen) atoms. The predicted molar refractivity (Wildman–Crippen MR) is 43.0 cm³/mol. The van der Waals surface area contributed by atoms with Crippen molar-refractivity contribution in [3.05, 3.63) is 0 Å². The van der Waals surface area contributed by atoms with Gasteiger partial charge < -0.3 is 4.90 Å². The summed E-state index contributed by atoms with van der Waals surface area (Å²) in [5.74, 6) is 1.07. The highest BCUT2D eigenvalue weighted by molar-refractivity contribution is 4.87. The number of rotatable bonds is 0. The molecule has 0 amide bonds. The Morgan fingerprint density at radius 2 is 1.90 bits per heavy atom. The lowest BCUT2D eigenvalue weighted by Gasteiger charge is -2.28. The Kier molecular flexibility index (Phi) is 1.69. The van der Waals surface area contributed by atoms with Gasteiger partial charge in [0.25, 0.3) is 0 Å².